The van der Waals surface area contributed by atoms with Crippen molar-refractivity contribution in [3.63, 3.8) is 0 Å². The Morgan fingerprint density at radius 3 is 2.00 bits per heavy atom. The van der Waals surface area contributed by atoms with E-state index in [1.165, 1.54) is 6.92 Å². The molecule has 0 aromatic carbocycles. The van der Waals surface area contributed by atoms with Crippen LogP contribution in [0.5, 0.6) is 0 Å². The molecule has 2 nitrogen and oxygen atoms in total. The molecule has 0 rings (SSSR count). The van der Waals surface area contributed by atoms with Crippen molar-refractivity contribution in [2.75, 3.05) is 0 Å². The van der Waals surface area contributed by atoms with Gasteiger partial charge in [-0.2, -0.15) is 0 Å². The molecule has 0 aliphatic heterocycles. The van der Waals surface area contributed by atoms with E-state index in [0.717, 1.165) is 0 Å². The van der Waals surface area contributed by atoms with Gasteiger partial charge in [0, 0.05) is 1.43 Å². The Morgan fingerprint density at radius 2 is 2.00 bits per heavy atom. The van der Waals surface area contributed by atoms with Crippen molar-refractivity contribution in [1.29, 1.82) is 0 Å². The molecule has 0 heterocycles. The Kier molecular flexibility index (Phi) is 2.69. The summed E-state index contributed by atoms with van der Waals surface area (Å²) in [6.07, 6.45) is 0. The molecule has 0 spiro atoms. The summed E-state index contributed by atoms with van der Waals surface area (Å²) in [7, 11) is 0. The lowest BCUT2D eigenvalue weighted by Gasteiger charge is -2.09. The predicted octanol–water partition coefficient (Wildman–Crippen LogP) is 0.805. The lowest BCUT2D eigenvalue weighted by atomic mass is 10.0. The fraction of sp³-hybridized carbons (Fsp3) is 0.833. The average molecular weight is 117 g/mol. The van der Waals surface area contributed by atoms with E-state index in [0.29, 0.717) is 0 Å². The molecule has 0 radical (unpaired) electrons. The Morgan fingerprint density at radius 1 is 1.62 bits per heavy atom. The van der Waals surface area contributed by atoms with Gasteiger partial charge in [0.1, 0.15) is 5.78 Å². The van der Waals surface area contributed by atoms with Crippen LogP contribution in [0.15, 0.2) is 0 Å². The summed E-state index contributed by atoms with van der Waals surface area (Å²) in [5.41, 5.74) is 5.41. The van der Waals surface area contributed by atoms with Gasteiger partial charge in [0.2, 0.25) is 0 Å². The van der Waals surface area contributed by atoms with Gasteiger partial charge in [0.25, 0.3) is 0 Å². The van der Waals surface area contributed by atoms with Crippen LogP contribution in [0, 0.1) is 5.92 Å². The molecule has 2 N–H and O–H groups in total. The summed E-state index contributed by atoms with van der Waals surface area (Å²) in [5, 5.41) is 0. The summed E-state index contributed by atoms with van der Waals surface area (Å²) in [4.78, 5) is 10.5. The van der Waals surface area contributed by atoms with Crippen molar-refractivity contribution in [3.8, 4) is 0 Å². The van der Waals surface area contributed by atoms with Crippen LogP contribution in [0.3, 0.4) is 0 Å². The molecule has 0 aromatic heterocycles. The van der Waals surface area contributed by atoms with Crippen molar-refractivity contribution >= 4 is 5.78 Å². The first kappa shape index (κ1) is 7.63. The maximum atomic E-state index is 10.5. The quantitative estimate of drug-likeness (QED) is 0.581. The van der Waals surface area contributed by atoms with Gasteiger partial charge in [0.05, 0.1) is 6.04 Å². The first-order valence-electron chi connectivity index (χ1n) is 2.81. The number of Topliss-reactive ketones (excluding diaryl/α,β-unsaturated/α-hetero) is 1. The Bertz CT molecular complexity index is 93.1. The van der Waals surface area contributed by atoms with Gasteiger partial charge in [-0.05, 0) is 12.8 Å². The number of rotatable bonds is 2. The average Bonchev–Trinajstić information content (AvgIpc) is 1.64. The first-order chi connectivity index (χ1) is 3.55. The van der Waals surface area contributed by atoms with Gasteiger partial charge in [-0.1, -0.05) is 13.8 Å². The molecule has 0 aliphatic carbocycles. The molecule has 0 fully saturated rings. The second-order valence-electron chi connectivity index (χ2n) is 2.38. The van der Waals surface area contributed by atoms with E-state index in [9.17, 15) is 4.79 Å². The fourth-order valence-corrected chi connectivity index (χ4v) is 0.469. The summed E-state index contributed by atoms with van der Waals surface area (Å²) in [6, 6.07) is -0.269. The van der Waals surface area contributed by atoms with Crippen LogP contribution < -0.4 is 5.73 Å². The van der Waals surface area contributed by atoms with Gasteiger partial charge in [0.15, 0.2) is 0 Å². The molecule has 2 heteroatoms. The number of hydrogen-bond acceptors (Lipinski definition) is 2. The maximum Gasteiger partial charge on any atom is 0.146 e. The van der Waals surface area contributed by atoms with Crippen LogP contribution in [-0.2, 0) is 4.79 Å². The van der Waals surface area contributed by atoms with Gasteiger partial charge < -0.3 is 5.73 Å². The van der Waals surface area contributed by atoms with Gasteiger partial charge in [-0.3, -0.25) is 4.79 Å². The second kappa shape index (κ2) is 2.82. The Balaban J connectivity index is 0. The molecule has 8 heavy (non-hydrogen) atoms. The topological polar surface area (TPSA) is 43.1 Å². The normalized spacial score (nSPS) is 14.1. The number of hydrogen-bond donors (Lipinski definition) is 1. The van der Waals surface area contributed by atoms with E-state index in [1.54, 1.807) is 0 Å². The van der Waals surface area contributed by atoms with Crippen LogP contribution in [-0.4, -0.2) is 11.8 Å². The molecule has 0 saturated carbocycles. The molecule has 0 amide bonds. The minimum Gasteiger partial charge on any atom is -0.321 e. The molecule has 0 bridgehead atoms. The zero-order valence-electron chi connectivity index (χ0n) is 5.64. The molecule has 0 aromatic rings. The zero-order valence-corrected chi connectivity index (χ0v) is 5.64. The second-order valence-corrected chi connectivity index (χ2v) is 2.38. The molecule has 0 unspecified atom stereocenters. The summed E-state index contributed by atoms with van der Waals surface area (Å²) in [6.45, 7) is 5.39. The number of nitrogens with two attached hydrogens (primary N) is 1. The highest BCUT2D eigenvalue weighted by Crippen LogP contribution is 1.97. The van der Waals surface area contributed by atoms with E-state index in [4.69, 9.17) is 5.73 Å². The van der Waals surface area contributed by atoms with Gasteiger partial charge >= 0.3 is 0 Å². The van der Waals surface area contributed by atoms with E-state index >= 15 is 0 Å². The highest BCUT2D eigenvalue weighted by molar-refractivity contribution is 5.81. The van der Waals surface area contributed by atoms with Gasteiger partial charge in [-0.25, -0.2) is 0 Å². The van der Waals surface area contributed by atoms with Crippen LogP contribution in [0.2, 0.25) is 0 Å². The molecule has 50 valence electrons. The lowest BCUT2D eigenvalue weighted by Crippen LogP contribution is -2.33. The zero-order chi connectivity index (χ0) is 6.73. The maximum absolute atomic E-state index is 10.5. The molecule has 0 saturated heterocycles. The smallest absolute Gasteiger partial charge is 0.146 e. The minimum atomic E-state index is -0.269. The fourth-order valence-electron chi connectivity index (χ4n) is 0.469. The molecule has 1 atom stereocenters. The van der Waals surface area contributed by atoms with E-state index in [-0.39, 0.29) is 19.2 Å². The molecule has 0 aliphatic rings. The number of carbonyl (C=O) groups excluding carboxylic acids is 1. The summed E-state index contributed by atoms with van der Waals surface area (Å²) >= 11 is 0. The third kappa shape index (κ3) is 2.07. The number of ketones is 1. The summed E-state index contributed by atoms with van der Waals surface area (Å²) in [5.74, 6) is 0.340. The van der Waals surface area contributed by atoms with E-state index in [2.05, 4.69) is 0 Å². The lowest BCUT2D eigenvalue weighted by molar-refractivity contribution is -0.119. The van der Waals surface area contributed by atoms with Crippen molar-refractivity contribution in [2.45, 2.75) is 26.8 Å². The van der Waals surface area contributed by atoms with Crippen LogP contribution >= 0.6 is 0 Å². The molecular weight excluding hydrogens is 102 g/mol. The van der Waals surface area contributed by atoms with Crippen molar-refractivity contribution in [1.82, 2.24) is 0 Å². The van der Waals surface area contributed by atoms with Crippen LogP contribution in [0.25, 0.3) is 0 Å². The number of carbonyl (C=O) groups is 1. The van der Waals surface area contributed by atoms with E-state index < -0.39 is 0 Å². The highest BCUT2D eigenvalue weighted by atomic mass is 16.1. The third-order valence-corrected chi connectivity index (χ3v) is 1.19. The minimum absolute atomic E-state index is 0. The Labute approximate surface area is 51.6 Å². The third-order valence-electron chi connectivity index (χ3n) is 1.19. The van der Waals surface area contributed by atoms with E-state index in [1.807, 2.05) is 13.8 Å². The van der Waals surface area contributed by atoms with Crippen molar-refractivity contribution in [2.24, 2.45) is 11.7 Å². The first-order valence-corrected chi connectivity index (χ1v) is 2.81. The highest BCUT2D eigenvalue weighted by Gasteiger charge is 2.10. The SMILES string of the molecule is CC(=O)[C@@H](N)C(C)C.[HH]. The Hall–Kier alpha value is -0.370. The van der Waals surface area contributed by atoms with Crippen LogP contribution in [0.1, 0.15) is 22.2 Å². The molecular formula is C6H15NO. The van der Waals surface area contributed by atoms with Gasteiger partial charge in [-0.15, -0.1) is 0 Å². The predicted molar refractivity (Wildman–Crippen MR) is 35.6 cm³/mol. The van der Waals surface area contributed by atoms with Crippen molar-refractivity contribution < 1.29 is 6.22 Å². The monoisotopic (exact) mass is 117 g/mol. The summed E-state index contributed by atoms with van der Waals surface area (Å²) < 4.78 is 0. The largest absolute Gasteiger partial charge is 0.321 e. The standard InChI is InChI=1S/C6H13NO.H2/c1-4(2)6(7)5(3)8;/h4,6H,7H2,1-3H3;1H/t6-;/m0./s1. The van der Waals surface area contributed by atoms with Crippen molar-refractivity contribution in [3.05, 3.63) is 0 Å². The van der Waals surface area contributed by atoms with Crippen LogP contribution in [0.4, 0.5) is 0 Å².